The molecule has 0 aromatic heterocycles. The predicted octanol–water partition coefficient (Wildman–Crippen LogP) is 3.72. The highest BCUT2D eigenvalue weighted by molar-refractivity contribution is 5.86. The summed E-state index contributed by atoms with van der Waals surface area (Å²) in [5, 5.41) is 14.4. The fraction of sp³-hybridized carbons (Fsp3) is 0.286. The molecule has 75 valence electrons. The van der Waals surface area contributed by atoms with Crippen LogP contribution in [0.15, 0.2) is 42.5 Å². The van der Waals surface area contributed by atoms with Crippen molar-refractivity contribution in [1.82, 2.24) is 0 Å². The molecule has 1 saturated carbocycles. The van der Waals surface area contributed by atoms with Crippen molar-refractivity contribution in [3.8, 4) is 0 Å². The van der Waals surface area contributed by atoms with Gasteiger partial charge in [-0.3, -0.25) is 0 Å². The quantitative estimate of drug-likeness (QED) is 0.699. The van der Waals surface area contributed by atoms with Crippen molar-refractivity contribution in [2.75, 3.05) is 0 Å². The summed E-state index contributed by atoms with van der Waals surface area (Å²) in [4.78, 5) is 0. The zero-order valence-electron chi connectivity index (χ0n) is 8.52. The van der Waals surface area contributed by atoms with Gasteiger partial charge in [-0.2, -0.15) is 0 Å². The Bertz CT molecular complexity index is 480. The number of benzene rings is 2. The Morgan fingerprint density at radius 1 is 1.00 bits per heavy atom. The van der Waals surface area contributed by atoms with Crippen molar-refractivity contribution in [2.24, 2.45) is 5.92 Å². The van der Waals surface area contributed by atoms with E-state index in [0.29, 0.717) is 5.92 Å². The van der Waals surface area contributed by atoms with Gasteiger partial charge in [-0.15, -0.1) is 0 Å². The fourth-order valence-electron chi connectivity index (χ4n) is 2.15. The molecule has 0 N–H and O–H groups in total. The summed E-state index contributed by atoms with van der Waals surface area (Å²) in [7, 11) is 0. The van der Waals surface area contributed by atoms with Crippen LogP contribution in [0.4, 0.5) is 0 Å². The van der Waals surface area contributed by atoms with Crippen LogP contribution in [0.2, 0.25) is 0 Å². The zero-order valence-corrected chi connectivity index (χ0v) is 8.52. The molecule has 2 aromatic carbocycles. The van der Waals surface area contributed by atoms with Gasteiger partial charge in [0.05, 0.1) is 0 Å². The molecule has 1 aliphatic carbocycles. The van der Waals surface area contributed by atoms with E-state index in [2.05, 4.69) is 18.2 Å². The Balaban J connectivity index is 2.16. The monoisotopic (exact) mass is 197 g/mol. The van der Waals surface area contributed by atoms with Crippen molar-refractivity contribution in [2.45, 2.75) is 18.9 Å². The van der Waals surface area contributed by atoms with Crippen LogP contribution >= 0.6 is 0 Å². The van der Waals surface area contributed by atoms with Gasteiger partial charge in [-0.1, -0.05) is 42.5 Å². The van der Waals surface area contributed by atoms with Crippen LogP contribution in [0.3, 0.4) is 0 Å². The van der Waals surface area contributed by atoms with Crippen molar-refractivity contribution >= 4 is 10.8 Å². The predicted molar refractivity (Wildman–Crippen MR) is 60.1 cm³/mol. The minimum Gasteiger partial charge on any atom is -0.228 e. The van der Waals surface area contributed by atoms with E-state index in [1.165, 1.54) is 5.39 Å². The van der Waals surface area contributed by atoms with Gasteiger partial charge in [0.25, 0.3) is 0 Å². The summed E-state index contributed by atoms with van der Waals surface area (Å²) < 4.78 is 0. The Morgan fingerprint density at radius 2 is 1.73 bits per heavy atom. The molecular weight excluding hydrogens is 184 g/mol. The van der Waals surface area contributed by atoms with Crippen LogP contribution in [-0.2, 0) is 5.11 Å². The maximum absolute atomic E-state index is 12.1. The smallest absolute Gasteiger partial charge is 0.121 e. The average molecular weight is 197 g/mol. The lowest BCUT2D eigenvalue weighted by molar-refractivity contribution is 0.0707. The van der Waals surface area contributed by atoms with Gasteiger partial charge in [0, 0.05) is 0 Å². The van der Waals surface area contributed by atoms with E-state index in [0.717, 1.165) is 23.8 Å². The lowest BCUT2D eigenvalue weighted by Crippen LogP contribution is -1.98. The van der Waals surface area contributed by atoms with E-state index in [1.807, 2.05) is 24.3 Å². The molecule has 1 aliphatic rings. The second-order valence-electron chi connectivity index (χ2n) is 4.33. The fourth-order valence-corrected chi connectivity index (χ4v) is 2.15. The number of hydrogen-bond donors (Lipinski definition) is 0. The molecule has 1 atom stereocenters. The summed E-state index contributed by atoms with van der Waals surface area (Å²) in [5.74, 6) is 0.385. The van der Waals surface area contributed by atoms with Crippen LogP contribution < -0.4 is 0 Å². The molecule has 0 saturated heterocycles. The summed E-state index contributed by atoms with van der Waals surface area (Å²) in [5.41, 5.74) is 0.982. The molecule has 1 radical (unpaired) electrons. The molecule has 1 nitrogen and oxygen atoms in total. The maximum atomic E-state index is 12.1. The summed E-state index contributed by atoms with van der Waals surface area (Å²) in [6.07, 6.45) is 1.70. The van der Waals surface area contributed by atoms with Crippen LogP contribution in [0.1, 0.15) is 24.5 Å². The first-order valence-electron chi connectivity index (χ1n) is 5.50. The molecule has 0 aliphatic heterocycles. The molecule has 0 amide bonds. The third-order valence-corrected chi connectivity index (χ3v) is 3.18. The van der Waals surface area contributed by atoms with Crippen molar-refractivity contribution in [1.29, 1.82) is 0 Å². The summed E-state index contributed by atoms with van der Waals surface area (Å²) in [6.45, 7) is 0. The SMILES string of the molecule is [O]C(c1cccc2ccccc12)C1CC1. The lowest BCUT2D eigenvalue weighted by Gasteiger charge is -2.10. The van der Waals surface area contributed by atoms with Crippen LogP contribution in [0.5, 0.6) is 0 Å². The van der Waals surface area contributed by atoms with Gasteiger partial charge in [0.1, 0.15) is 6.10 Å². The molecule has 1 unspecified atom stereocenters. The molecule has 3 rings (SSSR count). The van der Waals surface area contributed by atoms with Gasteiger partial charge in [0.2, 0.25) is 0 Å². The highest BCUT2D eigenvalue weighted by Gasteiger charge is 2.32. The topological polar surface area (TPSA) is 19.9 Å². The van der Waals surface area contributed by atoms with E-state index >= 15 is 0 Å². The van der Waals surface area contributed by atoms with E-state index in [9.17, 15) is 5.11 Å². The number of rotatable bonds is 2. The van der Waals surface area contributed by atoms with Crippen molar-refractivity contribution in [3.63, 3.8) is 0 Å². The second-order valence-corrected chi connectivity index (χ2v) is 4.33. The normalized spacial score (nSPS) is 17.9. The van der Waals surface area contributed by atoms with Gasteiger partial charge < -0.3 is 0 Å². The van der Waals surface area contributed by atoms with Gasteiger partial charge in [0.15, 0.2) is 0 Å². The third-order valence-electron chi connectivity index (χ3n) is 3.18. The van der Waals surface area contributed by atoms with E-state index < -0.39 is 6.10 Å². The molecule has 1 fully saturated rings. The molecule has 2 aromatic rings. The Hall–Kier alpha value is -1.34. The van der Waals surface area contributed by atoms with Crippen molar-refractivity contribution < 1.29 is 5.11 Å². The standard InChI is InChI=1S/C14H13O/c15-14(11-8-9-11)13-7-3-5-10-4-1-2-6-12(10)13/h1-7,11,14H,8-9H2. The minimum absolute atomic E-state index is 0.385. The molecule has 15 heavy (non-hydrogen) atoms. The zero-order chi connectivity index (χ0) is 10.3. The van der Waals surface area contributed by atoms with Crippen LogP contribution in [0.25, 0.3) is 10.8 Å². The third kappa shape index (κ3) is 1.53. The first kappa shape index (κ1) is 8.93. The van der Waals surface area contributed by atoms with Crippen LogP contribution in [-0.4, -0.2) is 0 Å². The number of hydrogen-bond acceptors (Lipinski definition) is 0. The average Bonchev–Trinajstić information content (AvgIpc) is 3.11. The first-order chi connectivity index (χ1) is 7.36. The van der Waals surface area contributed by atoms with E-state index in [-0.39, 0.29) is 0 Å². The first-order valence-corrected chi connectivity index (χ1v) is 5.50. The maximum Gasteiger partial charge on any atom is 0.121 e. The molecular formula is C14H13O. The minimum atomic E-state index is -0.518. The Labute approximate surface area is 89.4 Å². The lowest BCUT2D eigenvalue weighted by atomic mass is 9.98. The largest absolute Gasteiger partial charge is 0.228 e. The molecule has 0 heterocycles. The van der Waals surface area contributed by atoms with Gasteiger partial charge in [-0.05, 0) is 35.1 Å². The Kier molecular flexibility index (Phi) is 2.00. The second kappa shape index (κ2) is 3.35. The highest BCUT2D eigenvalue weighted by atomic mass is 16.3. The van der Waals surface area contributed by atoms with Crippen LogP contribution in [0, 0.1) is 5.92 Å². The summed E-state index contributed by atoms with van der Waals surface area (Å²) in [6, 6.07) is 14.2. The van der Waals surface area contributed by atoms with E-state index in [1.54, 1.807) is 0 Å². The molecule has 1 heteroatoms. The summed E-state index contributed by atoms with van der Waals surface area (Å²) >= 11 is 0. The van der Waals surface area contributed by atoms with Gasteiger partial charge in [-0.25, -0.2) is 5.11 Å². The number of fused-ring (bicyclic) bond motifs is 1. The highest BCUT2D eigenvalue weighted by Crippen LogP contribution is 2.42. The molecule has 0 bridgehead atoms. The van der Waals surface area contributed by atoms with Gasteiger partial charge >= 0.3 is 0 Å². The molecule has 0 spiro atoms. The van der Waals surface area contributed by atoms with E-state index in [4.69, 9.17) is 0 Å². The Morgan fingerprint density at radius 3 is 2.53 bits per heavy atom. The van der Waals surface area contributed by atoms with Crippen molar-refractivity contribution in [3.05, 3.63) is 48.0 Å².